The molecular weight excluding hydrogens is 256 g/mol. The fourth-order valence-corrected chi connectivity index (χ4v) is 4.85. The summed E-state index contributed by atoms with van der Waals surface area (Å²) in [6, 6.07) is 0. The first-order chi connectivity index (χ1) is 9.45. The van der Waals surface area contributed by atoms with Crippen LogP contribution < -0.4 is 0 Å². The van der Waals surface area contributed by atoms with Crippen LogP contribution in [0.2, 0.25) is 0 Å². The van der Waals surface area contributed by atoms with Crippen molar-refractivity contribution >= 4 is 11.9 Å². The molecule has 4 saturated carbocycles. The van der Waals surface area contributed by atoms with E-state index in [1.165, 1.54) is 0 Å². The quantitative estimate of drug-likeness (QED) is 0.804. The molecule has 3 atom stereocenters. The minimum absolute atomic E-state index is 0.0273. The third kappa shape index (κ3) is 2.04. The summed E-state index contributed by atoms with van der Waals surface area (Å²) in [6.07, 6.45) is 5.10. The van der Waals surface area contributed by atoms with Crippen molar-refractivity contribution in [3.05, 3.63) is 0 Å². The number of carboxylic acids is 1. The number of carbonyl (C=O) groups excluding carboxylic acids is 1. The lowest BCUT2D eigenvalue weighted by Gasteiger charge is -2.57. The van der Waals surface area contributed by atoms with Gasteiger partial charge in [0.25, 0.3) is 0 Å². The van der Waals surface area contributed by atoms with Crippen LogP contribution in [0.15, 0.2) is 0 Å². The van der Waals surface area contributed by atoms with Gasteiger partial charge < -0.3 is 9.84 Å². The first-order valence-electron chi connectivity index (χ1n) is 7.89. The summed E-state index contributed by atoms with van der Waals surface area (Å²) >= 11 is 0. The maximum Gasteiger partial charge on any atom is 0.309 e. The molecule has 4 aliphatic carbocycles. The first kappa shape index (κ1) is 13.9. The molecule has 0 aliphatic heterocycles. The molecule has 4 heteroatoms. The lowest BCUT2D eigenvalue weighted by molar-refractivity contribution is -0.194. The van der Waals surface area contributed by atoms with Crippen LogP contribution in [0.5, 0.6) is 0 Å². The van der Waals surface area contributed by atoms with Crippen molar-refractivity contribution in [1.82, 2.24) is 0 Å². The van der Waals surface area contributed by atoms with Crippen LogP contribution >= 0.6 is 0 Å². The molecule has 0 heterocycles. The van der Waals surface area contributed by atoms with Gasteiger partial charge in [-0.3, -0.25) is 9.59 Å². The summed E-state index contributed by atoms with van der Waals surface area (Å²) in [5.74, 6) is 0.274. The molecule has 20 heavy (non-hydrogen) atoms. The van der Waals surface area contributed by atoms with Crippen molar-refractivity contribution in [2.75, 3.05) is 0 Å². The topological polar surface area (TPSA) is 63.6 Å². The molecule has 0 spiro atoms. The van der Waals surface area contributed by atoms with Crippen molar-refractivity contribution in [2.45, 2.75) is 58.5 Å². The highest BCUT2D eigenvalue weighted by Crippen LogP contribution is 2.60. The lowest BCUT2D eigenvalue weighted by atomic mass is 9.48. The smallest absolute Gasteiger partial charge is 0.309 e. The van der Waals surface area contributed by atoms with Gasteiger partial charge in [-0.15, -0.1) is 0 Å². The fourth-order valence-electron chi connectivity index (χ4n) is 4.85. The van der Waals surface area contributed by atoms with Crippen molar-refractivity contribution in [3.63, 3.8) is 0 Å². The van der Waals surface area contributed by atoms with E-state index in [-0.39, 0.29) is 29.8 Å². The molecule has 112 valence electrons. The number of carboxylic acid groups (broad SMARTS) is 1. The molecule has 1 N–H and O–H groups in total. The van der Waals surface area contributed by atoms with Crippen molar-refractivity contribution in [1.29, 1.82) is 0 Å². The number of hydrogen-bond acceptors (Lipinski definition) is 3. The van der Waals surface area contributed by atoms with Gasteiger partial charge in [-0.05, 0) is 56.3 Å². The van der Waals surface area contributed by atoms with Crippen LogP contribution in [0.4, 0.5) is 0 Å². The lowest BCUT2D eigenvalue weighted by Crippen LogP contribution is -2.57. The molecule has 0 saturated heterocycles. The number of aliphatic carboxylic acids is 1. The molecular formula is C16H24O4. The van der Waals surface area contributed by atoms with Gasteiger partial charge >= 0.3 is 11.9 Å². The number of rotatable bonds is 4. The highest BCUT2D eigenvalue weighted by Gasteiger charge is 2.59. The van der Waals surface area contributed by atoms with Crippen LogP contribution in [-0.2, 0) is 14.3 Å². The Kier molecular flexibility index (Phi) is 3.30. The van der Waals surface area contributed by atoms with E-state index < -0.39 is 11.4 Å². The van der Waals surface area contributed by atoms with Crippen LogP contribution in [-0.4, -0.2) is 23.1 Å². The van der Waals surface area contributed by atoms with Gasteiger partial charge in [0, 0.05) is 0 Å². The summed E-state index contributed by atoms with van der Waals surface area (Å²) in [6.45, 7) is 3.89. The van der Waals surface area contributed by atoms with E-state index in [1.54, 1.807) is 0 Å². The summed E-state index contributed by atoms with van der Waals surface area (Å²) in [4.78, 5) is 23.7. The highest BCUT2D eigenvalue weighted by atomic mass is 16.5. The average Bonchev–Trinajstić information content (AvgIpc) is 2.40. The monoisotopic (exact) mass is 280 g/mol. The fraction of sp³-hybridized carbons (Fsp3) is 0.875. The van der Waals surface area contributed by atoms with E-state index in [0.717, 1.165) is 25.7 Å². The predicted octanol–water partition coefficient (Wildman–Crippen LogP) is 2.86. The molecule has 0 aromatic heterocycles. The van der Waals surface area contributed by atoms with Crippen LogP contribution in [0, 0.1) is 29.1 Å². The van der Waals surface area contributed by atoms with E-state index in [2.05, 4.69) is 0 Å². The number of carbonyl (C=O) groups is 2. The molecule has 4 bridgehead atoms. The zero-order valence-corrected chi connectivity index (χ0v) is 12.3. The zero-order chi connectivity index (χ0) is 14.5. The van der Waals surface area contributed by atoms with Gasteiger partial charge in [0.2, 0.25) is 0 Å². The van der Waals surface area contributed by atoms with E-state index >= 15 is 0 Å². The normalized spacial score (nSPS) is 43.3. The first-order valence-corrected chi connectivity index (χ1v) is 7.89. The molecule has 4 nitrogen and oxygen atoms in total. The Bertz CT molecular complexity index is 414. The Morgan fingerprint density at radius 3 is 2.35 bits per heavy atom. The molecule has 3 unspecified atom stereocenters. The van der Waals surface area contributed by atoms with Gasteiger partial charge in [-0.1, -0.05) is 13.8 Å². The average molecular weight is 280 g/mol. The Hall–Kier alpha value is -1.06. The molecule has 0 radical (unpaired) electrons. The number of esters is 1. The molecule has 4 rings (SSSR count). The summed E-state index contributed by atoms with van der Waals surface area (Å²) in [5, 5.41) is 9.57. The number of ether oxygens (including phenoxy) is 1. The van der Waals surface area contributed by atoms with E-state index in [9.17, 15) is 14.7 Å². The van der Waals surface area contributed by atoms with Gasteiger partial charge in [-0.25, -0.2) is 0 Å². The summed E-state index contributed by atoms with van der Waals surface area (Å²) in [7, 11) is 0. The third-order valence-electron chi connectivity index (χ3n) is 5.91. The van der Waals surface area contributed by atoms with Crippen LogP contribution in [0.3, 0.4) is 0 Å². The van der Waals surface area contributed by atoms with Crippen LogP contribution in [0.1, 0.15) is 52.4 Å². The maximum absolute atomic E-state index is 12.0. The Morgan fingerprint density at radius 2 is 1.85 bits per heavy atom. The second-order valence-corrected chi connectivity index (χ2v) is 7.27. The van der Waals surface area contributed by atoms with Gasteiger partial charge in [-0.2, -0.15) is 0 Å². The third-order valence-corrected chi connectivity index (χ3v) is 5.91. The Morgan fingerprint density at radius 1 is 1.25 bits per heavy atom. The Labute approximate surface area is 119 Å². The molecule has 4 fully saturated rings. The van der Waals surface area contributed by atoms with E-state index in [1.807, 2.05) is 13.8 Å². The summed E-state index contributed by atoms with van der Waals surface area (Å²) < 4.78 is 5.77. The van der Waals surface area contributed by atoms with Gasteiger partial charge in [0.1, 0.15) is 6.10 Å². The minimum Gasteiger partial charge on any atom is -0.481 e. The predicted molar refractivity (Wildman–Crippen MR) is 73.0 cm³/mol. The largest absolute Gasteiger partial charge is 0.481 e. The van der Waals surface area contributed by atoms with E-state index in [0.29, 0.717) is 18.8 Å². The minimum atomic E-state index is -0.636. The zero-order valence-electron chi connectivity index (χ0n) is 12.3. The molecule has 0 aromatic carbocycles. The number of hydrogen-bond donors (Lipinski definition) is 1. The van der Waals surface area contributed by atoms with Crippen LogP contribution in [0.25, 0.3) is 0 Å². The molecule has 0 amide bonds. The van der Waals surface area contributed by atoms with Crippen molar-refractivity contribution in [2.24, 2.45) is 29.1 Å². The molecule has 4 aliphatic rings. The van der Waals surface area contributed by atoms with Gasteiger partial charge in [0.05, 0.1) is 11.3 Å². The standard InChI is InChI=1S/C16H24O4/c1-3-9(2)14(17)20-13-11-4-10-5-12(13)8-16(6-10,7-11)15(18)19/h9-13H,3-8H2,1-2H3,(H,18,19). The second kappa shape index (κ2) is 4.74. The highest BCUT2D eigenvalue weighted by molar-refractivity contribution is 5.75. The second-order valence-electron chi connectivity index (χ2n) is 7.27. The Balaban J connectivity index is 1.75. The molecule has 0 aromatic rings. The van der Waals surface area contributed by atoms with Gasteiger partial charge in [0.15, 0.2) is 0 Å². The SMILES string of the molecule is CCC(C)C(=O)OC1C2CC3CC1CC(C(=O)O)(C3)C2. The van der Waals surface area contributed by atoms with Crippen molar-refractivity contribution in [3.8, 4) is 0 Å². The van der Waals surface area contributed by atoms with Crippen molar-refractivity contribution < 1.29 is 19.4 Å². The maximum atomic E-state index is 12.0. The van der Waals surface area contributed by atoms with E-state index in [4.69, 9.17) is 4.74 Å². The summed E-state index contributed by atoms with van der Waals surface area (Å²) in [5.41, 5.74) is -0.518.